The SMILES string of the molecule is COCC(O)C[O-].[Rb+]. The number of ether oxygens (including phenoxy) is 1. The molecule has 0 saturated heterocycles. The van der Waals surface area contributed by atoms with Crippen LogP contribution in [-0.2, 0) is 4.74 Å². The normalized spacial score (nSPS) is 12.4. The van der Waals surface area contributed by atoms with E-state index in [-0.39, 0.29) is 64.8 Å². The van der Waals surface area contributed by atoms with Crippen LogP contribution in [0.2, 0.25) is 0 Å². The summed E-state index contributed by atoms with van der Waals surface area (Å²) in [6.07, 6.45) is -0.829. The minimum Gasteiger partial charge on any atom is -0.853 e. The molecule has 1 unspecified atom stereocenters. The molecule has 0 aliphatic rings. The van der Waals surface area contributed by atoms with Gasteiger partial charge in [0.05, 0.1) is 12.7 Å². The first-order valence-corrected chi connectivity index (χ1v) is 2.06. The largest absolute Gasteiger partial charge is 1.00 e. The summed E-state index contributed by atoms with van der Waals surface area (Å²) in [4.78, 5) is 0. The van der Waals surface area contributed by atoms with Crippen molar-refractivity contribution in [2.24, 2.45) is 0 Å². The molecule has 0 rings (SSSR count). The number of aliphatic hydroxyl groups is 1. The predicted molar refractivity (Wildman–Crippen MR) is 22.7 cm³/mol. The molecule has 1 atom stereocenters. The topological polar surface area (TPSA) is 52.5 Å². The van der Waals surface area contributed by atoms with Crippen LogP contribution >= 0.6 is 0 Å². The van der Waals surface area contributed by atoms with E-state index in [0.717, 1.165) is 0 Å². The molecule has 0 spiro atoms. The van der Waals surface area contributed by atoms with Crippen molar-refractivity contribution in [2.75, 3.05) is 20.3 Å². The fraction of sp³-hybridized carbons (Fsp3) is 1.00. The summed E-state index contributed by atoms with van der Waals surface area (Å²) in [7, 11) is 1.44. The van der Waals surface area contributed by atoms with Crippen molar-refractivity contribution in [1.82, 2.24) is 0 Å². The molecule has 0 aliphatic carbocycles. The first-order valence-electron chi connectivity index (χ1n) is 2.06. The molecular weight excluding hydrogens is 182 g/mol. The van der Waals surface area contributed by atoms with Crippen molar-refractivity contribution in [3.8, 4) is 0 Å². The summed E-state index contributed by atoms with van der Waals surface area (Å²) >= 11 is 0. The van der Waals surface area contributed by atoms with Crippen LogP contribution in [0.4, 0.5) is 0 Å². The number of methoxy groups -OCH3 is 1. The van der Waals surface area contributed by atoms with E-state index in [0.29, 0.717) is 0 Å². The minimum absolute atomic E-state index is 0. The molecule has 3 nitrogen and oxygen atoms in total. The molecule has 0 saturated carbocycles. The van der Waals surface area contributed by atoms with Gasteiger partial charge in [-0.15, -0.1) is 6.61 Å². The van der Waals surface area contributed by atoms with Crippen molar-refractivity contribution in [1.29, 1.82) is 0 Å². The van der Waals surface area contributed by atoms with Gasteiger partial charge < -0.3 is 14.9 Å². The average Bonchev–Trinajstić information content (AvgIpc) is 1.68. The van der Waals surface area contributed by atoms with Crippen LogP contribution in [0.3, 0.4) is 0 Å². The first kappa shape index (κ1) is 12.4. The Hall–Kier alpha value is 1.69. The van der Waals surface area contributed by atoms with Gasteiger partial charge in [0, 0.05) is 7.11 Å². The molecule has 8 heavy (non-hydrogen) atoms. The smallest absolute Gasteiger partial charge is 0.853 e. The Morgan fingerprint density at radius 1 is 1.75 bits per heavy atom. The van der Waals surface area contributed by atoms with E-state index in [1.807, 2.05) is 0 Å². The maximum Gasteiger partial charge on any atom is 1.00 e. The van der Waals surface area contributed by atoms with Crippen LogP contribution in [0, 0.1) is 0 Å². The van der Waals surface area contributed by atoms with Gasteiger partial charge in [0.1, 0.15) is 0 Å². The predicted octanol–water partition coefficient (Wildman–Crippen LogP) is -4.64. The zero-order chi connectivity index (χ0) is 5.70. The molecule has 1 N–H and O–H groups in total. The van der Waals surface area contributed by atoms with Crippen molar-refractivity contribution < 1.29 is 73.1 Å². The Morgan fingerprint density at radius 3 is 2.38 bits per heavy atom. The summed E-state index contributed by atoms with van der Waals surface area (Å²) in [5, 5.41) is 18.1. The molecule has 0 radical (unpaired) electrons. The number of rotatable bonds is 3. The average molecular weight is 191 g/mol. The summed E-state index contributed by atoms with van der Waals surface area (Å²) < 4.78 is 4.44. The Morgan fingerprint density at radius 2 is 2.25 bits per heavy atom. The standard InChI is InChI=1S/C4H9O3.Rb/c1-7-3-4(6)2-5;/h4,6H,2-3H2,1H3;/q-1;+1. The second kappa shape index (κ2) is 8.69. The summed E-state index contributed by atoms with van der Waals surface area (Å²) in [5.41, 5.74) is 0. The van der Waals surface area contributed by atoms with E-state index in [1.165, 1.54) is 7.11 Å². The van der Waals surface area contributed by atoms with Gasteiger partial charge in [-0.3, -0.25) is 0 Å². The fourth-order valence-electron chi connectivity index (χ4n) is 0.240. The molecule has 0 heterocycles. The number of hydrogen-bond acceptors (Lipinski definition) is 3. The first-order chi connectivity index (χ1) is 3.31. The Labute approximate surface area is 97.8 Å². The second-order valence-electron chi connectivity index (χ2n) is 1.28. The molecule has 0 aliphatic heterocycles. The van der Waals surface area contributed by atoms with E-state index < -0.39 is 12.7 Å². The van der Waals surface area contributed by atoms with Gasteiger partial charge in [0.2, 0.25) is 0 Å². The van der Waals surface area contributed by atoms with Crippen molar-refractivity contribution in [3.63, 3.8) is 0 Å². The van der Waals surface area contributed by atoms with Crippen LogP contribution in [-0.4, -0.2) is 31.5 Å². The van der Waals surface area contributed by atoms with Gasteiger partial charge in [-0.1, -0.05) is 0 Å². The van der Waals surface area contributed by atoms with Crippen LogP contribution < -0.4 is 63.3 Å². The minimum atomic E-state index is -0.829. The molecule has 0 aromatic rings. The van der Waals surface area contributed by atoms with Gasteiger partial charge >= 0.3 is 58.2 Å². The summed E-state index contributed by atoms with van der Waals surface area (Å²) in [5.74, 6) is 0. The molecule has 44 valence electrons. The maximum atomic E-state index is 9.69. The second-order valence-corrected chi connectivity index (χ2v) is 1.28. The molecule has 0 aromatic heterocycles. The van der Waals surface area contributed by atoms with Gasteiger partial charge in [-0.25, -0.2) is 0 Å². The van der Waals surface area contributed by atoms with E-state index in [1.54, 1.807) is 0 Å². The monoisotopic (exact) mass is 190 g/mol. The van der Waals surface area contributed by atoms with Gasteiger partial charge in [0.15, 0.2) is 0 Å². The third-order valence-corrected chi connectivity index (χ3v) is 0.551. The van der Waals surface area contributed by atoms with Crippen molar-refractivity contribution in [2.45, 2.75) is 6.10 Å². The van der Waals surface area contributed by atoms with E-state index >= 15 is 0 Å². The third-order valence-electron chi connectivity index (χ3n) is 0.551. The van der Waals surface area contributed by atoms with E-state index in [9.17, 15) is 5.11 Å². The van der Waals surface area contributed by atoms with Crippen molar-refractivity contribution >= 4 is 0 Å². The molecule has 4 heteroatoms. The zero-order valence-corrected chi connectivity index (χ0v) is 10.2. The van der Waals surface area contributed by atoms with Gasteiger partial charge in [0.25, 0.3) is 0 Å². The third kappa shape index (κ3) is 7.69. The van der Waals surface area contributed by atoms with Gasteiger partial charge in [-0.05, 0) is 0 Å². The van der Waals surface area contributed by atoms with Crippen molar-refractivity contribution in [3.05, 3.63) is 0 Å². The van der Waals surface area contributed by atoms with Crippen LogP contribution in [0.5, 0.6) is 0 Å². The van der Waals surface area contributed by atoms with E-state index in [4.69, 9.17) is 5.11 Å². The Kier molecular flexibility index (Phi) is 13.4. The van der Waals surface area contributed by atoms with Crippen LogP contribution in [0.25, 0.3) is 0 Å². The fourth-order valence-corrected chi connectivity index (χ4v) is 0.240. The molecular formula is C4H9O3Rb. The molecule has 0 fully saturated rings. The molecule has 0 aromatic carbocycles. The number of aliphatic hydroxyl groups excluding tert-OH is 1. The quantitative estimate of drug-likeness (QED) is 0.487. The summed E-state index contributed by atoms with van der Waals surface area (Å²) in [6.45, 7) is -0.336. The zero-order valence-electron chi connectivity index (χ0n) is 5.26. The molecule has 0 bridgehead atoms. The summed E-state index contributed by atoms with van der Waals surface area (Å²) in [6, 6.07) is 0. The molecule has 0 amide bonds. The van der Waals surface area contributed by atoms with Gasteiger partial charge in [-0.2, -0.15) is 0 Å². The van der Waals surface area contributed by atoms with E-state index in [2.05, 4.69) is 4.74 Å². The Bertz CT molecular complexity index is 42.3. The number of hydrogen-bond donors (Lipinski definition) is 1. The van der Waals surface area contributed by atoms with Crippen LogP contribution in [0.1, 0.15) is 0 Å². The maximum absolute atomic E-state index is 9.69. The van der Waals surface area contributed by atoms with Crippen LogP contribution in [0.15, 0.2) is 0 Å². The Balaban J connectivity index is 0.